The molecule has 0 bridgehead atoms. The standard InChI is InChI=1S/C14H16N2O4S/c15-8-9-20-12-6-4-11(5-7-12)16-14(17)13-3-1-2-10-21(13,18)19/h4-7,13H,1-3,9-10H2,(H,16,17). The number of nitriles is 1. The molecule has 0 saturated carbocycles. The topological polar surface area (TPSA) is 96.3 Å². The lowest BCUT2D eigenvalue weighted by Gasteiger charge is -2.21. The first kappa shape index (κ1) is 15.3. The molecule has 0 radical (unpaired) electrons. The minimum absolute atomic E-state index is 0.0496. The number of benzene rings is 1. The first-order valence-corrected chi connectivity index (χ1v) is 8.37. The van der Waals surface area contributed by atoms with Crippen LogP contribution in [0.3, 0.4) is 0 Å². The summed E-state index contributed by atoms with van der Waals surface area (Å²) >= 11 is 0. The SMILES string of the molecule is N#CCOc1ccc(NC(=O)C2CCCCS2(=O)=O)cc1. The van der Waals surface area contributed by atoms with E-state index >= 15 is 0 Å². The van der Waals surface area contributed by atoms with Crippen LogP contribution in [0.2, 0.25) is 0 Å². The van der Waals surface area contributed by atoms with Crippen molar-refractivity contribution >= 4 is 21.4 Å². The molecule has 1 atom stereocenters. The Labute approximate surface area is 123 Å². The Morgan fingerprint density at radius 1 is 1.33 bits per heavy atom. The van der Waals surface area contributed by atoms with E-state index in [1.807, 2.05) is 6.07 Å². The zero-order valence-corrected chi connectivity index (χ0v) is 12.2. The molecular weight excluding hydrogens is 292 g/mol. The second kappa shape index (κ2) is 6.59. The summed E-state index contributed by atoms with van der Waals surface area (Å²) in [5.41, 5.74) is 0.505. The molecule has 2 rings (SSSR count). The molecule has 0 aromatic heterocycles. The highest BCUT2D eigenvalue weighted by Crippen LogP contribution is 2.22. The van der Waals surface area contributed by atoms with E-state index in [1.165, 1.54) is 0 Å². The molecule has 1 aromatic carbocycles. The Balaban J connectivity index is 2.01. The van der Waals surface area contributed by atoms with Crippen molar-refractivity contribution in [3.63, 3.8) is 0 Å². The molecule has 112 valence electrons. The fourth-order valence-electron chi connectivity index (χ4n) is 2.22. The first-order chi connectivity index (χ1) is 10.0. The number of hydrogen-bond donors (Lipinski definition) is 1. The number of rotatable bonds is 4. The molecular formula is C14H16N2O4S. The number of amides is 1. The van der Waals surface area contributed by atoms with Gasteiger partial charge in [-0.2, -0.15) is 5.26 Å². The van der Waals surface area contributed by atoms with Crippen LogP contribution in [0.25, 0.3) is 0 Å². The van der Waals surface area contributed by atoms with Crippen molar-refractivity contribution in [1.29, 1.82) is 5.26 Å². The highest BCUT2D eigenvalue weighted by Gasteiger charge is 2.34. The van der Waals surface area contributed by atoms with Crippen molar-refractivity contribution in [2.75, 3.05) is 17.7 Å². The number of anilines is 1. The van der Waals surface area contributed by atoms with Crippen LogP contribution >= 0.6 is 0 Å². The van der Waals surface area contributed by atoms with Crippen LogP contribution in [0.1, 0.15) is 19.3 Å². The smallest absolute Gasteiger partial charge is 0.242 e. The van der Waals surface area contributed by atoms with Crippen molar-refractivity contribution in [3.05, 3.63) is 24.3 Å². The number of carbonyl (C=O) groups excluding carboxylic acids is 1. The quantitative estimate of drug-likeness (QED) is 0.909. The van der Waals surface area contributed by atoms with Crippen LogP contribution in [0, 0.1) is 11.3 Å². The number of nitrogens with one attached hydrogen (secondary N) is 1. The third kappa shape index (κ3) is 3.95. The Bertz CT molecular complexity index is 647. The maximum Gasteiger partial charge on any atom is 0.242 e. The van der Waals surface area contributed by atoms with Gasteiger partial charge in [-0.25, -0.2) is 8.42 Å². The van der Waals surface area contributed by atoms with Crippen LogP contribution in [0.4, 0.5) is 5.69 Å². The summed E-state index contributed by atoms with van der Waals surface area (Å²) in [6.07, 6.45) is 1.74. The number of nitrogens with zero attached hydrogens (tertiary/aromatic N) is 1. The lowest BCUT2D eigenvalue weighted by atomic mass is 10.2. The van der Waals surface area contributed by atoms with Gasteiger partial charge in [-0.1, -0.05) is 6.42 Å². The Morgan fingerprint density at radius 2 is 2.05 bits per heavy atom. The van der Waals surface area contributed by atoms with Gasteiger partial charge in [-0.15, -0.1) is 0 Å². The third-order valence-corrected chi connectivity index (χ3v) is 5.47. The van der Waals surface area contributed by atoms with Gasteiger partial charge in [0, 0.05) is 5.69 Å². The number of carbonyl (C=O) groups is 1. The molecule has 1 heterocycles. The van der Waals surface area contributed by atoms with E-state index in [2.05, 4.69) is 5.32 Å². The van der Waals surface area contributed by atoms with Gasteiger partial charge in [0.15, 0.2) is 16.4 Å². The summed E-state index contributed by atoms with van der Waals surface area (Å²) in [5, 5.41) is 10.1. The average Bonchev–Trinajstić information content (AvgIpc) is 2.46. The molecule has 1 saturated heterocycles. The van der Waals surface area contributed by atoms with Gasteiger partial charge in [-0.05, 0) is 37.1 Å². The number of sulfone groups is 1. The monoisotopic (exact) mass is 308 g/mol. The van der Waals surface area contributed by atoms with Crippen molar-refractivity contribution < 1.29 is 17.9 Å². The minimum atomic E-state index is -3.34. The zero-order chi connectivity index (χ0) is 15.3. The van der Waals surface area contributed by atoms with Crippen LogP contribution < -0.4 is 10.1 Å². The second-order valence-electron chi connectivity index (χ2n) is 4.81. The largest absolute Gasteiger partial charge is 0.479 e. The Kier molecular flexibility index (Phi) is 4.81. The molecule has 1 unspecified atom stereocenters. The van der Waals surface area contributed by atoms with Crippen LogP contribution in [-0.2, 0) is 14.6 Å². The lowest BCUT2D eigenvalue weighted by Crippen LogP contribution is -2.39. The summed E-state index contributed by atoms with van der Waals surface area (Å²) in [7, 11) is -3.34. The van der Waals surface area contributed by atoms with Gasteiger partial charge >= 0.3 is 0 Å². The van der Waals surface area contributed by atoms with E-state index in [-0.39, 0.29) is 12.4 Å². The van der Waals surface area contributed by atoms with Crippen molar-refractivity contribution in [1.82, 2.24) is 0 Å². The van der Waals surface area contributed by atoms with Gasteiger partial charge in [0.25, 0.3) is 0 Å². The van der Waals surface area contributed by atoms with E-state index in [1.54, 1.807) is 24.3 Å². The van der Waals surface area contributed by atoms with Gasteiger partial charge in [0.2, 0.25) is 5.91 Å². The first-order valence-electron chi connectivity index (χ1n) is 6.65. The van der Waals surface area contributed by atoms with Crippen molar-refractivity contribution in [3.8, 4) is 11.8 Å². The maximum absolute atomic E-state index is 12.1. The fourth-order valence-corrected chi connectivity index (χ4v) is 4.02. The molecule has 1 aromatic rings. The molecule has 7 heteroatoms. The van der Waals surface area contributed by atoms with Crippen LogP contribution in [-0.4, -0.2) is 31.9 Å². The molecule has 1 fully saturated rings. The molecule has 1 aliphatic heterocycles. The van der Waals surface area contributed by atoms with Crippen molar-refractivity contribution in [2.45, 2.75) is 24.5 Å². The van der Waals surface area contributed by atoms with Gasteiger partial charge in [0.1, 0.15) is 17.1 Å². The fraction of sp³-hybridized carbons (Fsp3) is 0.429. The summed E-state index contributed by atoms with van der Waals surface area (Å²) in [5.74, 6) is 0.103. The minimum Gasteiger partial charge on any atom is -0.479 e. The van der Waals surface area contributed by atoms with E-state index in [0.717, 1.165) is 6.42 Å². The maximum atomic E-state index is 12.1. The molecule has 0 spiro atoms. The van der Waals surface area contributed by atoms with Crippen LogP contribution in [0.5, 0.6) is 5.75 Å². The Hall–Kier alpha value is -2.07. The van der Waals surface area contributed by atoms with E-state index in [4.69, 9.17) is 10.00 Å². The van der Waals surface area contributed by atoms with Gasteiger partial charge in [0.05, 0.1) is 5.75 Å². The highest BCUT2D eigenvalue weighted by molar-refractivity contribution is 7.92. The molecule has 1 aliphatic rings. The Morgan fingerprint density at radius 3 is 2.67 bits per heavy atom. The summed E-state index contributed by atoms with van der Waals surface area (Å²) in [6.45, 7) is -0.0496. The average molecular weight is 308 g/mol. The summed E-state index contributed by atoms with van der Waals surface area (Å²) < 4.78 is 28.8. The van der Waals surface area contributed by atoms with E-state index in [0.29, 0.717) is 24.3 Å². The van der Waals surface area contributed by atoms with Gasteiger partial charge in [-0.3, -0.25) is 4.79 Å². The van der Waals surface area contributed by atoms with Gasteiger partial charge < -0.3 is 10.1 Å². The molecule has 6 nitrogen and oxygen atoms in total. The normalized spacial score (nSPS) is 20.2. The molecule has 0 aliphatic carbocycles. The number of hydrogen-bond acceptors (Lipinski definition) is 5. The summed E-state index contributed by atoms with van der Waals surface area (Å²) in [4.78, 5) is 12.1. The molecule has 1 amide bonds. The van der Waals surface area contributed by atoms with Crippen LogP contribution in [0.15, 0.2) is 24.3 Å². The molecule has 21 heavy (non-hydrogen) atoms. The third-order valence-electron chi connectivity index (χ3n) is 3.30. The predicted molar refractivity (Wildman–Crippen MR) is 77.6 cm³/mol. The van der Waals surface area contributed by atoms with Crippen molar-refractivity contribution in [2.24, 2.45) is 0 Å². The second-order valence-corrected chi connectivity index (χ2v) is 7.11. The molecule has 1 N–H and O–H groups in total. The lowest BCUT2D eigenvalue weighted by molar-refractivity contribution is -0.116. The number of ether oxygens (including phenoxy) is 1. The highest BCUT2D eigenvalue weighted by atomic mass is 32.2. The predicted octanol–water partition coefficient (Wildman–Crippen LogP) is 1.49. The van der Waals surface area contributed by atoms with E-state index in [9.17, 15) is 13.2 Å². The summed E-state index contributed by atoms with van der Waals surface area (Å²) in [6, 6.07) is 8.31. The van der Waals surface area contributed by atoms with E-state index < -0.39 is 21.0 Å². The zero-order valence-electron chi connectivity index (χ0n) is 11.4.